The zero-order valence-corrected chi connectivity index (χ0v) is 10.8. The topological polar surface area (TPSA) is 47.3 Å². The Morgan fingerprint density at radius 3 is 3.11 bits per heavy atom. The van der Waals surface area contributed by atoms with Crippen LogP contribution in [0, 0.1) is 5.92 Å². The van der Waals surface area contributed by atoms with Gasteiger partial charge in [0, 0.05) is 5.92 Å². The number of piperidine rings is 1. The maximum absolute atomic E-state index is 5.90. The van der Waals surface area contributed by atoms with Gasteiger partial charge in [-0.25, -0.2) is 4.98 Å². The van der Waals surface area contributed by atoms with Gasteiger partial charge in [-0.15, -0.1) is 0 Å². The first kappa shape index (κ1) is 11.5. The molecule has 0 bridgehead atoms. The maximum Gasteiger partial charge on any atom is 0.199 e. The molecule has 1 fully saturated rings. The van der Waals surface area contributed by atoms with E-state index >= 15 is 0 Å². The molecule has 1 aromatic carbocycles. The third kappa shape index (κ3) is 1.86. The minimum atomic E-state index is 0.406. The lowest BCUT2D eigenvalue weighted by atomic mass is 9.88. The smallest absolute Gasteiger partial charge is 0.199 e. The minimum absolute atomic E-state index is 0.406. The number of fused-ring (bicyclic) bond motifs is 1. The van der Waals surface area contributed by atoms with Crippen LogP contribution >= 0.6 is 0 Å². The van der Waals surface area contributed by atoms with Crippen LogP contribution in [0.3, 0.4) is 0 Å². The SMILES string of the molecule is COc1cccc2oc(C3CCNCC3C)nc12. The molecular formula is C14H18N2O2. The predicted molar refractivity (Wildman–Crippen MR) is 70.0 cm³/mol. The van der Waals surface area contributed by atoms with E-state index < -0.39 is 0 Å². The summed E-state index contributed by atoms with van der Waals surface area (Å²) in [7, 11) is 1.66. The molecule has 1 saturated heterocycles. The number of benzene rings is 1. The second-order valence-electron chi connectivity index (χ2n) is 4.94. The van der Waals surface area contributed by atoms with Gasteiger partial charge in [-0.3, -0.25) is 0 Å². The molecule has 0 aliphatic carbocycles. The predicted octanol–water partition coefficient (Wildman–Crippen LogP) is 2.55. The van der Waals surface area contributed by atoms with Crippen molar-refractivity contribution in [3.05, 3.63) is 24.1 Å². The average molecular weight is 246 g/mol. The second-order valence-corrected chi connectivity index (χ2v) is 4.94. The first-order valence-corrected chi connectivity index (χ1v) is 6.43. The van der Waals surface area contributed by atoms with Crippen LogP contribution in [-0.4, -0.2) is 25.2 Å². The Bertz CT molecular complexity index is 550. The van der Waals surface area contributed by atoms with Crippen LogP contribution in [0.1, 0.15) is 25.2 Å². The zero-order chi connectivity index (χ0) is 12.5. The highest BCUT2D eigenvalue weighted by Gasteiger charge is 2.27. The van der Waals surface area contributed by atoms with E-state index in [0.717, 1.165) is 42.3 Å². The lowest BCUT2D eigenvalue weighted by molar-refractivity contribution is 0.303. The van der Waals surface area contributed by atoms with E-state index in [4.69, 9.17) is 9.15 Å². The molecule has 96 valence electrons. The van der Waals surface area contributed by atoms with Crippen LogP contribution in [0.15, 0.2) is 22.6 Å². The minimum Gasteiger partial charge on any atom is -0.494 e. The fourth-order valence-electron chi connectivity index (χ4n) is 2.64. The van der Waals surface area contributed by atoms with Crippen LogP contribution in [0.5, 0.6) is 5.75 Å². The highest BCUT2D eigenvalue weighted by atomic mass is 16.5. The number of ether oxygens (including phenoxy) is 1. The van der Waals surface area contributed by atoms with Crippen LogP contribution in [0.4, 0.5) is 0 Å². The maximum atomic E-state index is 5.90. The van der Waals surface area contributed by atoms with Gasteiger partial charge in [0.15, 0.2) is 17.0 Å². The molecule has 3 rings (SSSR count). The van der Waals surface area contributed by atoms with Crippen molar-refractivity contribution in [3.63, 3.8) is 0 Å². The van der Waals surface area contributed by atoms with Gasteiger partial charge < -0.3 is 14.5 Å². The van der Waals surface area contributed by atoms with E-state index in [1.54, 1.807) is 7.11 Å². The number of methoxy groups -OCH3 is 1. The first-order chi connectivity index (χ1) is 8.79. The number of nitrogens with zero attached hydrogens (tertiary/aromatic N) is 1. The van der Waals surface area contributed by atoms with E-state index in [2.05, 4.69) is 17.2 Å². The summed E-state index contributed by atoms with van der Waals surface area (Å²) in [6.45, 7) is 4.30. The molecule has 0 radical (unpaired) electrons. The molecule has 1 aliphatic rings. The van der Waals surface area contributed by atoms with E-state index in [1.807, 2.05) is 18.2 Å². The number of aromatic nitrogens is 1. The molecule has 0 amide bonds. The summed E-state index contributed by atoms with van der Waals surface area (Å²) in [5.74, 6) is 2.59. The van der Waals surface area contributed by atoms with E-state index in [9.17, 15) is 0 Å². The Morgan fingerprint density at radius 1 is 1.44 bits per heavy atom. The largest absolute Gasteiger partial charge is 0.494 e. The monoisotopic (exact) mass is 246 g/mol. The summed E-state index contributed by atoms with van der Waals surface area (Å²) in [6.07, 6.45) is 1.08. The molecule has 2 unspecified atom stereocenters. The first-order valence-electron chi connectivity index (χ1n) is 6.43. The van der Waals surface area contributed by atoms with Crippen molar-refractivity contribution in [2.75, 3.05) is 20.2 Å². The molecule has 2 atom stereocenters. The molecule has 1 aromatic heterocycles. The fraction of sp³-hybridized carbons (Fsp3) is 0.500. The van der Waals surface area contributed by atoms with Crippen LogP contribution in [0.25, 0.3) is 11.1 Å². The van der Waals surface area contributed by atoms with Crippen molar-refractivity contribution in [2.24, 2.45) is 5.92 Å². The normalized spacial score (nSPS) is 24.3. The second kappa shape index (κ2) is 4.61. The fourth-order valence-corrected chi connectivity index (χ4v) is 2.64. The third-order valence-corrected chi connectivity index (χ3v) is 3.72. The van der Waals surface area contributed by atoms with Gasteiger partial charge in [0.05, 0.1) is 7.11 Å². The molecule has 1 aliphatic heterocycles. The number of rotatable bonds is 2. The number of hydrogen-bond acceptors (Lipinski definition) is 4. The van der Waals surface area contributed by atoms with Crippen molar-refractivity contribution in [3.8, 4) is 5.75 Å². The lowest BCUT2D eigenvalue weighted by Crippen LogP contribution is -2.33. The highest BCUT2D eigenvalue weighted by molar-refractivity contribution is 5.79. The average Bonchev–Trinajstić information content (AvgIpc) is 2.82. The van der Waals surface area contributed by atoms with E-state index in [-0.39, 0.29) is 0 Å². The summed E-state index contributed by atoms with van der Waals surface area (Å²) >= 11 is 0. The molecule has 2 aromatic rings. The van der Waals surface area contributed by atoms with Gasteiger partial charge in [-0.2, -0.15) is 0 Å². The van der Waals surface area contributed by atoms with Crippen molar-refractivity contribution in [1.29, 1.82) is 0 Å². The van der Waals surface area contributed by atoms with E-state index in [0.29, 0.717) is 11.8 Å². The Hall–Kier alpha value is -1.55. The standard InChI is InChI=1S/C14H18N2O2/c1-9-8-15-7-6-10(9)14-16-13-11(17-2)4-3-5-12(13)18-14/h3-5,9-10,15H,6-8H2,1-2H3. The Labute approximate surface area is 106 Å². The quantitative estimate of drug-likeness (QED) is 0.884. The summed E-state index contributed by atoms with van der Waals surface area (Å²) in [4.78, 5) is 4.64. The van der Waals surface area contributed by atoms with Gasteiger partial charge >= 0.3 is 0 Å². The van der Waals surface area contributed by atoms with Crippen molar-refractivity contribution >= 4 is 11.1 Å². The molecule has 0 saturated carbocycles. The number of hydrogen-bond donors (Lipinski definition) is 1. The van der Waals surface area contributed by atoms with Crippen LogP contribution in [0.2, 0.25) is 0 Å². The van der Waals surface area contributed by atoms with E-state index in [1.165, 1.54) is 0 Å². The van der Waals surface area contributed by atoms with Gasteiger partial charge in [0.2, 0.25) is 0 Å². The van der Waals surface area contributed by atoms with Crippen molar-refractivity contribution < 1.29 is 9.15 Å². The van der Waals surface area contributed by atoms with Gasteiger partial charge in [0.25, 0.3) is 0 Å². The van der Waals surface area contributed by atoms with Crippen molar-refractivity contribution in [2.45, 2.75) is 19.3 Å². The van der Waals surface area contributed by atoms with Crippen molar-refractivity contribution in [1.82, 2.24) is 10.3 Å². The molecule has 18 heavy (non-hydrogen) atoms. The molecule has 2 heterocycles. The Morgan fingerprint density at radius 2 is 2.33 bits per heavy atom. The van der Waals surface area contributed by atoms with Crippen LogP contribution in [-0.2, 0) is 0 Å². The Balaban J connectivity index is 2.02. The summed E-state index contributed by atoms with van der Waals surface area (Å²) in [5.41, 5.74) is 1.65. The lowest BCUT2D eigenvalue weighted by Gasteiger charge is -2.26. The van der Waals surface area contributed by atoms with Crippen LogP contribution < -0.4 is 10.1 Å². The highest BCUT2D eigenvalue weighted by Crippen LogP contribution is 2.33. The summed E-state index contributed by atoms with van der Waals surface area (Å²) in [6, 6.07) is 5.79. The van der Waals surface area contributed by atoms with Gasteiger partial charge in [-0.1, -0.05) is 13.0 Å². The third-order valence-electron chi connectivity index (χ3n) is 3.72. The number of para-hydroxylation sites is 1. The molecule has 4 heteroatoms. The number of nitrogens with one attached hydrogen (secondary N) is 1. The Kier molecular flexibility index (Phi) is 2.96. The zero-order valence-electron chi connectivity index (χ0n) is 10.8. The van der Waals surface area contributed by atoms with Gasteiger partial charge in [-0.05, 0) is 37.6 Å². The molecule has 1 N–H and O–H groups in total. The molecular weight excluding hydrogens is 228 g/mol. The summed E-state index contributed by atoms with van der Waals surface area (Å²) in [5, 5.41) is 3.40. The number of oxazole rings is 1. The van der Waals surface area contributed by atoms with Gasteiger partial charge in [0.1, 0.15) is 5.75 Å². The molecule has 4 nitrogen and oxygen atoms in total. The summed E-state index contributed by atoms with van der Waals surface area (Å²) < 4.78 is 11.2. The molecule has 0 spiro atoms.